The Labute approximate surface area is 160 Å². The highest BCUT2D eigenvalue weighted by Gasteiger charge is 2.25. The zero-order valence-electron chi connectivity index (χ0n) is 13.8. The van der Waals surface area contributed by atoms with Crippen LogP contribution in [0.5, 0.6) is 5.75 Å². The summed E-state index contributed by atoms with van der Waals surface area (Å²) in [5.74, 6) is 1.15. The average molecular weight is 396 g/mol. The molecule has 1 saturated heterocycles. The molecule has 1 aliphatic rings. The lowest BCUT2D eigenvalue weighted by molar-refractivity contribution is -0.133. The van der Waals surface area contributed by atoms with E-state index < -0.39 is 0 Å². The van der Waals surface area contributed by atoms with E-state index in [1.165, 1.54) is 0 Å². The van der Waals surface area contributed by atoms with E-state index in [2.05, 4.69) is 0 Å². The highest BCUT2D eigenvalue weighted by Crippen LogP contribution is 2.31. The number of carbonyl (C=O) groups excluding carboxylic acids is 1. The molecule has 0 bridgehead atoms. The van der Waals surface area contributed by atoms with Gasteiger partial charge in [0.2, 0.25) is 5.91 Å². The first-order chi connectivity index (χ1) is 11.0. The molecule has 2 atom stereocenters. The molecule has 2 N–H and O–H groups in total. The average Bonchev–Trinajstić information content (AvgIpc) is 2.55. The van der Waals surface area contributed by atoms with Crippen LogP contribution in [-0.2, 0) is 4.79 Å². The second-order valence-corrected chi connectivity index (χ2v) is 6.89. The van der Waals surface area contributed by atoms with Crippen LogP contribution in [0.2, 0.25) is 10.0 Å². The number of benzene rings is 1. The molecule has 0 aliphatic carbocycles. The number of halogens is 3. The summed E-state index contributed by atoms with van der Waals surface area (Å²) in [5, 5.41) is 0.881. The minimum atomic E-state index is 0. The molecule has 7 heteroatoms. The van der Waals surface area contributed by atoms with Crippen LogP contribution < -0.4 is 10.5 Å². The van der Waals surface area contributed by atoms with Crippen LogP contribution in [0.1, 0.15) is 32.6 Å². The molecule has 0 saturated carbocycles. The molecule has 1 aliphatic heterocycles. The molecule has 1 amide bonds. The van der Waals surface area contributed by atoms with Crippen molar-refractivity contribution in [3.63, 3.8) is 0 Å². The first kappa shape index (κ1) is 21.4. The van der Waals surface area contributed by atoms with Gasteiger partial charge in [-0.3, -0.25) is 4.79 Å². The fourth-order valence-electron chi connectivity index (χ4n) is 2.82. The van der Waals surface area contributed by atoms with E-state index in [0.29, 0.717) is 41.2 Å². The molecule has 2 unspecified atom stereocenters. The molecule has 1 aromatic rings. The Morgan fingerprint density at radius 3 is 2.92 bits per heavy atom. The fourth-order valence-corrected chi connectivity index (χ4v) is 3.17. The Morgan fingerprint density at radius 1 is 1.46 bits per heavy atom. The van der Waals surface area contributed by atoms with Crippen molar-refractivity contribution in [2.75, 3.05) is 19.7 Å². The molecule has 4 nitrogen and oxygen atoms in total. The fraction of sp³-hybridized carbons (Fsp3) is 0.588. The van der Waals surface area contributed by atoms with Crippen molar-refractivity contribution in [1.82, 2.24) is 4.90 Å². The molecular formula is C17H25Cl3N2O2. The molecule has 1 aromatic carbocycles. The van der Waals surface area contributed by atoms with Crippen LogP contribution in [-0.4, -0.2) is 36.5 Å². The smallest absolute Gasteiger partial charge is 0.222 e. The van der Waals surface area contributed by atoms with E-state index in [1.807, 2.05) is 11.8 Å². The first-order valence-corrected chi connectivity index (χ1v) is 8.84. The number of hydrogen-bond acceptors (Lipinski definition) is 3. The SMILES string of the molecule is CC(N)C1CCCN(C(=O)CCCOc2cccc(Cl)c2Cl)C1.Cl. The molecule has 0 spiro atoms. The Bertz CT molecular complexity index is 541. The van der Waals surface area contributed by atoms with Crippen molar-refractivity contribution in [1.29, 1.82) is 0 Å². The highest BCUT2D eigenvalue weighted by atomic mass is 35.5. The summed E-state index contributed by atoms with van der Waals surface area (Å²) in [7, 11) is 0. The van der Waals surface area contributed by atoms with E-state index >= 15 is 0 Å². The third-order valence-corrected chi connectivity index (χ3v) is 5.06. The summed E-state index contributed by atoms with van der Waals surface area (Å²) in [5.41, 5.74) is 5.96. The number of carbonyl (C=O) groups is 1. The molecule has 2 rings (SSSR count). The van der Waals surface area contributed by atoms with Crippen LogP contribution in [0.25, 0.3) is 0 Å². The Morgan fingerprint density at radius 2 is 2.21 bits per heavy atom. The monoisotopic (exact) mass is 394 g/mol. The van der Waals surface area contributed by atoms with Gasteiger partial charge in [0, 0.05) is 25.6 Å². The van der Waals surface area contributed by atoms with Gasteiger partial charge in [-0.25, -0.2) is 0 Å². The number of amides is 1. The maximum Gasteiger partial charge on any atom is 0.222 e. The van der Waals surface area contributed by atoms with E-state index in [4.69, 9.17) is 33.7 Å². The largest absolute Gasteiger partial charge is 0.492 e. The summed E-state index contributed by atoms with van der Waals surface area (Å²) in [4.78, 5) is 14.2. The molecule has 1 fully saturated rings. The lowest BCUT2D eigenvalue weighted by atomic mass is 9.92. The van der Waals surface area contributed by atoms with Crippen LogP contribution in [0.3, 0.4) is 0 Å². The molecule has 136 valence electrons. The van der Waals surface area contributed by atoms with Crippen LogP contribution in [0.4, 0.5) is 0 Å². The quantitative estimate of drug-likeness (QED) is 0.736. The van der Waals surface area contributed by atoms with Crippen molar-refractivity contribution in [3.8, 4) is 5.75 Å². The number of rotatable bonds is 6. The maximum atomic E-state index is 12.3. The zero-order valence-corrected chi connectivity index (χ0v) is 16.2. The summed E-state index contributed by atoms with van der Waals surface area (Å²) < 4.78 is 5.61. The van der Waals surface area contributed by atoms with E-state index in [1.54, 1.807) is 18.2 Å². The third-order valence-electron chi connectivity index (χ3n) is 4.26. The van der Waals surface area contributed by atoms with Gasteiger partial charge in [0.25, 0.3) is 0 Å². The maximum absolute atomic E-state index is 12.3. The standard InChI is InChI=1S/C17H24Cl2N2O2.ClH/c1-12(20)13-5-3-9-21(11-13)16(22)8-4-10-23-15-7-2-6-14(18)17(15)19;/h2,6-7,12-13H,3-5,8-11,20H2,1H3;1H. The predicted octanol–water partition coefficient (Wildman–Crippen LogP) is 4.16. The Balaban J connectivity index is 0.00000288. The number of likely N-dealkylation sites (tertiary alicyclic amines) is 1. The molecule has 24 heavy (non-hydrogen) atoms. The Hall–Kier alpha value is -0.680. The number of piperidine rings is 1. The Kier molecular flexibility index (Phi) is 9.21. The normalized spacial score (nSPS) is 18.7. The number of hydrogen-bond donors (Lipinski definition) is 1. The lowest BCUT2D eigenvalue weighted by Gasteiger charge is -2.34. The predicted molar refractivity (Wildman–Crippen MR) is 101 cm³/mol. The van der Waals surface area contributed by atoms with Gasteiger partial charge in [-0.05, 0) is 44.2 Å². The van der Waals surface area contributed by atoms with Crippen molar-refractivity contribution in [3.05, 3.63) is 28.2 Å². The highest BCUT2D eigenvalue weighted by molar-refractivity contribution is 6.42. The van der Waals surface area contributed by atoms with E-state index in [-0.39, 0.29) is 24.4 Å². The van der Waals surface area contributed by atoms with Crippen molar-refractivity contribution >= 4 is 41.5 Å². The van der Waals surface area contributed by atoms with Gasteiger partial charge in [0.15, 0.2) is 0 Å². The van der Waals surface area contributed by atoms with Gasteiger partial charge in [0.05, 0.1) is 11.6 Å². The summed E-state index contributed by atoms with van der Waals surface area (Å²) >= 11 is 12.0. The first-order valence-electron chi connectivity index (χ1n) is 8.09. The molecular weight excluding hydrogens is 371 g/mol. The van der Waals surface area contributed by atoms with Crippen LogP contribution in [0.15, 0.2) is 18.2 Å². The number of nitrogens with zero attached hydrogens (tertiary/aromatic N) is 1. The minimum Gasteiger partial charge on any atom is -0.492 e. The van der Waals surface area contributed by atoms with Gasteiger partial charge in [0.1, 0.15) is 10.8 Å². The van der Waals surface area contributed by atoms with Gasteiger partial charge in [-0.15, -0.1) is 12.4 Å². The van der Waals surface area contributed by atoms with E-state index in [9.17, 15) is 4.79 Å². The molecule has 0 aromatic heterocycles. The van der Waals surface area contributed by atoms with Crippen molar-refractivity contribution < 1.29 is 9.53 Å². The summed E-state index contributed by atoms with van der Waals surface area (Å²) in [6.07, 6.45) is 3.27. The number of ether oxygens (including phenoxy) is 1. The van der Waals surface area contributed by atoms with Crippen molar-refractivity contribution in [2.24, 2.45) is 11.7 Å². The van der Waals surface area contributed by atoms with Gasteiger partial charge >= 0.3 is 0 Å². The third kappa shape index (κ3) is 5.99. The topological polar surface area (TPSA) is 55.6 Å². The zero-order chi connectivity index (χ0) is 16.8. The number of nitrogens with two attached hydrogens (primary N) is 1. The molecule has 0 radical (unpaired) electrons. The summed E-state index contributed by atoms with van der Waals surface area (Å²) in [6, 6.07) is 5.41. The second kappa shape index (κ2) is 10.3. The van der Waals surface area contributed by atoms with Gasteiger partial charge in [-0.2, -0.15) is 0 Å². The van der Waals surface area contributed by atoms with E-state index in [0.717, 1.165) is 25.9 Å². The van der Waals surface area contributed by atoms with Crippen molar-refractivity contribution in [2.45, 2.75) is 38.6 Å². The van der Waals surface area contributed by atoms with Crippen LogP contribution in [0, 0.1) is 5.92 Å². The summed E-state index contributed by atoms with van der Waals surface area (Å²) in [6.45, 7) is 4.07. The lowest BCUT2D eigenvalue weighted by Crippen LogP contribution is -2.45. The van der Waals surface area contributed by atoms with Gasteiger partial charge < -0.3 is 15.4 Å². The second-order valence-electron chi connectivity index (χ2n) is 6.11. The molecule has 1 heterocycles. The van der Waals surface area contributed by atoms with Gasteiger partial charge in [-0.1, -0.05) is 29.3 Å². The minimum absolute atomic E-state index is 0. The van der Waals surface area contributed by atoms with Crippen LogP contribution >= 0.6 is 35.6 Å².